The van der Waals surface area contributed by atoms with Crippen LogP contribution >= 0.6 is 0 Å². The molecule has 1 N–H and O–H groups in total. The van der Waals surface area contributed by atoms with Crippen LogP contribution in [0.5, 0.6) is 17.2 Å². The summed E-state index contributed by atoms with van der Waals surface area (Å²) < 4.78 is 17.3. The first-order valence-corrected chi connectivity index (χ1v) is 13.4. The summed E-state index contributed by atoms with van der Waals surface area (Å²) in [5.41, 5.74) is 4.88. The molecule has 0 aliphatic carbocycles. The summed E-state index contributed by atoms with van der Waals surface area (Å²) in [4.78, 5) is 40.0. The van der Waals surface area contributed by atoms with Gasteiger partial charge in [0.1, 0.15) is 36.0 Å². The van der Waals surface area contributed by atoms with E-state index in [0.29, 0.717) is 35.1 Å². The summed E-state index contributed by atoms with van der Waals surface area (Å²) >= 11 is 0. The van der Waals surface area contributed by atoms with Crippen molar-refractivity contribution in [2.75, 3.05) is 12.0 Å². The van der Waals surface area contributed by atoms with Crippen LogP contribution in [0.3, 0.4) is 0 Å². The number of benzene rings is 4. The number of methoxy groups -OCH3 is 1. The van der Waals surface area contributed by atoms with Gasteiger partial charge in [0.2, 0.25) is 0 Å². The predicted molar refractivity (Wildman–Crippen MR) is 159 cm³/mol. The summed E-state index contributed by atoms with van der Waals surface area (Å²) in [6, 6.07) is 26.6. The Morgan fingerprint density at radius 3 is 2.17 bits per heavy atom. The Bertz CT molecular complexity index is 1660. The minimum Gasteiger partial charge on any atom is -0.497 e. The molecule has 1 aliphatic heterocycles. The summed E-state index contributed by atoms with van der Waals surface area (Å²) in [6.45, 7) is 4.72. The average molecular weight is 563 g/mol. The molecule has 1 heterocycles. The fourth-order valence-corrected chi connectivity index (χ4v) is 4.42. The van der Waals surface area contributed by atoms with Crippen molar-refractivity contribution >= 4 is 29.6 Å². The monoisotopic (exact) mass is 562 g/mol. The lowest BCUT2D eigenvalue weighted by molar-refractivity contribution is -0.122. The number of hydrogen-bond acceptors (Lipinski definition) is 6. The SMILES string of the molecule is COc1ccc(/C=C2\C(=O)NC(=O)N(c3ccc(OCc4ccccc4)cc3)C2=O)c(OCc2ccc(C)c(C)c2)c1. The van der Waals surface area contributed by atoms with E-state index in [1.807, 2.05) is 62.4 Å². The summed E-state index contributed by atoms with van der Waals surface area (Å²) in [5.74, 6) is 0.00260. The smallest absolute Gasteiger partial charge is 0.335 e. The molecule has 1 fully saturated rings. The second-order valence-electron chi connectivity index (χ2n) is 9.84. The van der Waals surface area contributed by atoms with Crippen LogP contribution < -0.4 is 24.4 Å². The van der Waals surface area contributed by atoms with Gasteiger partial charge in [0.25, 0.3) is 11.8 Å². The molecular weight excluding hydrogens is 532 g/mol. The highest BCUT2D eigenvalue weighted by atomic mass is 16.5. The van der Waals surface area contributed by atoms with Gasteiger partial charge in [-0.1, -0.05) is 48.5 Å². The lowest BCUT2D eigenvalue weighted by atomic mass is 10.1. The Balaban J connectivity index is 1.38. The van der Waals surface area contributed by atoms with Crippen LogP contribution in [0, 0.1) is 13.8 Å². The minimum absolute atomic E-state index is 0.208. The van der Waals surface area contributed by atoms with E-state index in [0.717, 1.165) is 21.6 Å². The van der Waals surface area contributed by atoms with Gasteiger partial charge >= 0.3 is 6.03 Å². The molecule has 42 heavy (non-hydrogen) atoms. The van der Waals surface area contributed by atoms with Crippen molar-refractivity contribution < 1.29 is 28.6 Å². The molecule has 1 saturated heterocycles. The number of nitrogens with zero attached hydrogens (tertiary/aromatic N) is 1. The van der Waals surface area contributed by atoms with Gasteiger partial charge in [0.05, 0.1) is 12.8 Å². The van der Waals surface area contributed by atoms with Crippen LogP contribution in [0.15, 0.2) is 96.6 Å². The van der Waals surface area contributed by atoms with Crippen LogP contribution in [-0.2, 0) is 22.8 Å². The van der Waals surface area contributed by atoms with Crippen molar-refractivity contribution in [1.82, 2.24) is 5.32 Å². The molecule has 0 aromatic heterocycles. The Labute approximate surface area is 244 Å². The van der Waals surface area contributed by atoms with E-state index in [-0.39, 0.29) is 12.2 Å². The van der Waals surface area contributed by atoms with E-state index in [2.05, 4.69) is 5.32 Å². The first-order chi connectivity index (χ1) is 20.3. The lowest BCUT2D eigenvalue weighted by Gasteiger charge is -2.26. The number of rotatable bonds is 9. The lowest BCUT2D eigenvalue weighted by Crippen LogP contribution is -2.54. The zero-order valence-corrected chi connectivity index (χ0v) is 23.5. The number of hydrogen-bond donors (Lipinski definition) is 1. The van der Waals surface area contributed by atoms with Crippen molar-refractivity contribution in [2.24, 2.45) is 0 Å². The van der Waals surface area contributed by atoms with Crippen molar-refractivity contribution in [2.45, 2.75) is 27.1 Å². The predicted octanol–water partition coefficient (Wildman–Crippen LogP) is 6.14. The standard InChI is InChI=1S/C34H30N2O6/c1-22-9-10-25(17-23(22)2)21-42-31-19-29(40-3)14-11-26(31)18-30-32(37)35-34(39)36(33(30)38)27-12-15-28(16-13-27)41-20-24-7-5-4-6-8-24/h4-19H,20-21H2,1-3H3,(H,35,37,39)/b30-18+. The van der Waals surface area contributed by atoms with E-state index in [4.69, 9.17) is 14.2 Å². The van der Waals surface area contributed by atoms with Gasteiger partial charge in [0, 0.05) is 11.6 Å². The van der Waals surface area contributed by atoms with Crippen molar-refractivity contribution in [1.29, 1.82) is 0 Å². The third-order valence-electron chi connectivity index (χ3n) is 6.93. The van der Waals surface area contributed by atoms with Gasteiger partial charge in [-0.3, -0.25) is 14.9 Å². The van der Waals surface area contributed by atoms with Gasteiger partial charge in [-0.2, -0.15) is 0 Å². The number of carbonyl (C=O) groups excluding carboxylic acids is 3. The molecule has 5 rings (SSSR count). The molecule has 0 unspecified atom stereocenters. The number of anilines is 1. The Kier molecular flexibility index (Phi) is 8.34. The normalized spacial score (nSPS) is 14.1. The molecule has 1 aliphatic rings. The van der Waals surface area contributed by atoms with Gasteiger partial charge in [0.15, 0.2) is 0 Å². The molecule has 8 heteroatoms. The molecule has 0 saturated carbocycles. The third-order valence-corrected chi connectivity index (χ3v) is 6.93. The van der Waals surface area contributed by atoms with Crippen LogP contribution in [-0.4, -0.2) is 25.0 Å². The molecule has 4 amide bonds. The number of carbonyl (C=O) groups is 3. The van der Waals surface area contributed by atoms with Gasteiger partial charge < -0.3 is 14.2 Å². The van der Waals surface area contributed by atoms with E-state index in [9.17, 15) is 14.4 Å². The maximum absolute atomic E-state index is 13.5. The van der Waals surface area contributed by atoms with Crippen LogP contribution in [0.2, 0.25) is 0 Å². The van der Waals surface area contributed by atoms with E-state index in [1.165, 1.54) is 11.6 Å². The number of amides is 4. The molecule has 4 aromatic carbocycles. The van der Waals surface area contributed by atoms with Gasteiger partial charge in [-0.05, 0) is 78.6 Å². The zero-order valence-electron chi connectivity index (χ0n) is 23.5. The van der Waals surface area contributed by atoms with Crippen LogP contribution in [0.1, 0.15) is 27.8 Å². The third kappa shape index (κ3) is 6.33. The molecule has 0 atom stereocenters. The number of ether oxygens (including phenoxy) is 3. The molecule has 212 valence electrons. The second kappa shape index (κ2) is 12.4. The number of nitrogens with one attached hydrogen (secondary N) is 1. The average Bonchev–Trinajstić information content (AvgIpc) is 3.00. The molecule has 0 bridgehead atoms. The molecule has 0 spiro atoms. The van der Waals surface area contributed by atoms with Crippen molar-refractivity contribution in [3.8, 4) is 17.2 Å². The highest BCUT2D eigenvalue weighted by molar-refractivity contribution is 6.39. The summed E-state index contributed by atoms with van der Waals surface area (Å²) in [6.07, 6.45) is 1.42. The molecule has 0 radical (unpaired) electrons. The van der Waals surface area contributed by atoms with E-state index in [1.54, 1.807) is 49.6 Å². The topological polar surface area (TPSA) is 94.2 Å². The maximum Gasteiger partial charge on any atom is 0.335 e. The van der Waals surface area contributed by atoms with Crippen molar-refractivity contribution in [3.63, 3.8) is 0 Å². The Morgan fingerprint density at radius 2 is 1.45 bits per heavy atom. The zero-order chi connectivity index (χ0) is 29.6. The van der Waals surface area contributed by atoms with Crippen LogP contribution in [0.25, 0.3) is 6.08 Å². The quantitative estimate of drug-likeness (QED) is 0.195. The first-order valence-electron chi connectivity index (χ1n) is 13.4. The molecule has 4 aromatic rings. The van der Waals surface area contributed by atoms with Gasteiger partial charge in [-0.15, -0.1) is 0 Å². The largest absolute Gasteiger partial charge is 0.497 e. The molecular formula is C34H30N2O6. The fourth-order valence-electron chi connectivity index (χ4n) is 4.42. The number of barbiturate groups is 1. The Hall–Kier alpha value is -5.37. The molecule has 8 nitrogen and oxygen atoms in total. The second-order valence-corrected chi connectivity index (χ2v) is 9.84. The maximum atomic E-state index is 13.5. The fraction of sp³-hybridized carbons (Fsp3) is 0.147. The minimum atomic E-state index is -0.832. The van der Waals surface area contributed by atoms with Gasteiger partial charge in [-0.25, -0.2) is 9.69 Å². The van der Waals surface area contributed by atoms with Crippen LogP contribution in [0.4, 0.5) is 10.5 Å². The summed E-state index contributed by atoms with van der Waals surface area (Å²) in [7, 11) is 1.54. The highest BCUT2D eigenvalue weighted by Gasteiger charge is 2.37. The Morgan fingerprint density at radius 1 is 0.738 bits per heavy atom. The van der Waals surface area contributed by atoms with E-state index >= 15 is 0 Å². The highest BCUT2D eigenvalue weighted by Crippen LogP contribution is 2.30. The van der Waals surface area contributed by atoms with E-state index < -0.39 is 17.8 Å². The number of imide groups is 2. The number of aryl methyl sites for hydroxylation is 2. The first kappa shape index (κ1) is 28.2. The summed E-state index contributed by atoms with van der Waals surface area (Å²) in [5, 5.41) is 2.26. The number of urea groups is 1. The van der Waals surface area contributed by atoms with Crippen molar-refractivity contribution in [3.05, 3.63) is 124 Å².